The Bertz CT molecular complexity index is 1150. The number of halogens is 1. The molecule has 154 valence electrons. The van der Waals surface area contributed by atoms with E-state index < -0.39 is 21.7 Å². The van der Waals surface area contributed by atoms with Crippen LogP contribution in [0.2, 0.25) is 0 Å². The molecule has 3 aromatic carbocycles. The Labute approximate surface area is 174 Å². The van der Waals surface area contributed by atoms with Gasteiger partial charge in [-0.3, -0.25) is 9.10 Å². The molecule has 0 aromatic heterocycles. The van der Waals surface area contributed by atoms with E-state index in [1.54, 1.807) is 66.7 Å². The maximum Gasteiger partial charge on any atom is 0.271 e. The summed E-state index contributed by atoms with van der Waals surface area (Å²) >= 11 is 0. The van der Waals surface area contributed by atoms with E-state index in [0.29, 0.717) is 11.3 Å². The van der Waals surface area contributed by atoms with Crippen LogP contribution in [-0.2, 0) is 16.6 Å². The third-order valence-electron chi connectivity index (χ3n) is 4.26. The highest BCUT2D eigenvalue weighted by molar-refractivity contribution is 7.92. The molecule has 3 rings (SSSR count). The van der Waals surface area contributed by atoms with Crippen molar-refractivity contribution in [2.45, 2.75) is 6.54 Å². The lowest BCUT2D eigenvalue weighted by Gasteiger charge is -2.22. The molecule has 8 heteroatoms. The number of hydrogen-bond donors (Lipinski definition) is 1. The number of hydrazone groups is 1. The van der Waals surface area contributed by atoms with Crippen LogP contribution in [-0.4, -0.2) is 26.8 Å². The lowest BCUT2D eigenvalue weighted by Crippen LogP contribution is -2.29. The van der Waals surface area contributed by atoms with Gasteiger partial charge in [0.1, 0.15) is 5.82 Å². The lowest BCUT2D eigenvalue weighted by molar-refractivity contribution is 0.0955. The molecule has 0 aliphatic heterocycles. The van der Waals surface area contributed by atoms with Crippen molar-refractivity contribution < 1.29 is 17.6 Å². The summed E-state index contributed by atoms with van der Waals surface area (Å²) in [5.74, 6) is -0.897. The summed E-state index contributed by atoms with van der Waals surface area (Å²) in [4.78, 5) is 12.2. The van der Waals surface area contributed by atoms with Gasteiger partial charge in [0.25, 0.3) is 5.91 Å². The SMILES string of the molecule is CS(=O)(=O)N(Cc1ccc(C(=O)NN=Cc2ccccc2F)cc1)c1ccccc1. The summed E-state index contributed by atoms with van der Waals surface area (Å²) in [6.07, 6.45) is 2.38. The maximum absolute atomic E-state index is 13.5. The average Bonchev–Trinajstić information content (AvgIpc) is 2.73. The van der Waals surface area contributed by atoms with Crippen LogP contribution in [0.5, 0.6) is 0 Å². The van der Waals surface area contributed by atoms with E-state index in [1.807, 2.05) is 6.07 Å². The van der Waals surface area contributed by atoms with Gasteiger partial charge in [0.05, 0.1) is 24.7 Å². The number of nitrogens with one attached hydrogen (secondary N) is 1. The van der Waals surface area contributed by atoms with Crippen LogP contribution in [0, 0.1) is 5.82 Å². The fraction of sp³-hybridized carbons (Fsp3) is 0.0909. The highest BCUT2D eigenvalue weighted by Gasteiger charge is 2.17. The molecule has 3 aromatic rings. The number of para-hydroxylation sites is 1. The third-order valence-corrected chi connectivity index (χ3v) is 5.40. The number of nitrogens with zero attached hydrogens (tertiary/aromatic N) is 2. The molecule has 1 N–H and O–H groups in total. The van der Waals surface area contributed by atoms with E-state index in [0.717, 1.165) is 11.8 Å². The molecule has 0 heterocycles. The summed E-state index contributed by atoms with van der Waals surface area (Å²) in [7, 11) is -3.48. The molecule has 0 spiro atoms. The Kier molecular flexibility index (Phi) is 6.58. The van der Waals surface area contributed by atoms with Gasteiger partial charge >= 0.3 is 0 Å². The van der Waals surface area contributed by atoms with Crippen molar-refractivity contribution in [3.8, 4) is 0 Å². The average molecular weight is 425 g/mol. The van der Waals surface area contributed by atoms with Crippen molar-refractivity contribution in [1.29, 1.82) is 0 Å². The van der Waals surface area contributed by atoms with Crippen LogP contribution in [0.4, 0.5) is 10.1 Å². The largest absolute Gasteiger partial charge is 0.271 e. The van der Waals surface area contributed by atoms with E-state index in [9.17, 15) is 17.6 Å². The van der Waals surface area contributed by atoms with Crippen LogP contribution in [0.15, 0.2) is 84.0 Å². The minimum Gasteiger partial charge on any atom is -0.267 e. The maximum atomic E-state index is 13.5. The molecule has 0 bridgehead atoms. The van der Waals surface area contributed by atoms with Crippen molar-refractivity contribution in [2.75, 3.05) is 10.6 Å². The van der Waals surface area contributed by atoms with Crippen molar-refractivity contribution in [2.24, 2.45) is 5.10 Å². The number of sulfonamides is 1. The van der Waals surface area contributed by atoms with Gasteiger partial charge in [-0.25, -0.2) is 18.2 Å². The van der Waals surface area contributed by atoms with Gasteiger partial charge in [0.2, 0.25) is 10.0 Å². The minimum atomic E-state index is -3.48. The second kappa shape index (κ2) is 9.32. The molecule has 30 heavy (non-hydrogen) atoms. The molecule has 0 aliphatic rings. The molecule has 1 amide bonds. The first-order valence-electron chi connectivity index (χ1n) is 9.04. The van der Waals surface area contributed by atoms with E-state index in [2.05, 4.69) is 10.5 Å². The number of carbonyl (C=O) groups is 1. The first-order valence-corrected chi connectivity index (χ1v) is 10.9. The van der Waals surface area contributed by atoms with E-state index in [-0.39, 0.29) is 12.1 Å². The Morgan fingerprint density at radius 3 is 2.27 bits per heavy atom. The number of carbonyl (C=O) groups excluding carboxylic acids is 1. The highest BCUT2D eigenvalue weighted by Crippen LogP contribution is 2.20. The molecular weight excluding hydrogens is 405 g/mol. The molecule has 0 aliphatic carbocycles. The van der Waals surface area contributed by atoms with Crippen LogP contribution in [0.25, 0.3) is 0 Å². The highest BCUT2D eigenvalue weighted by atomic mass is 32.2. The van der Waals surface area contributed by atoms with Crippen LogP contribution >= 0.6 is 0 Å². The zero-order valence-electron chi connectivity index (χ0n) is 16.2. The zero-order chi connectivity index (χ0) is 21.6. The normalized spacial score (nSPS) is 11.4. The first-order chi connectivity index (χ1) is 14.3. The Balaban J connectivity index is 1.68. The fourth-order valence-corrected chi connectivity index (χ4v) is 3.61. The van der Waals surface area contributed by atoms with Crippen LogP contribution < -0.4 is 9.73 Å². The van der Waals surface area contributed by atoms with Crippen molar-refractivity contribution in [3.63, 3.8) is 0 Å². The molecule has 0 atom stereocenters. The van der Waals surface area contributed by atoms with Crippen LogP contribution in [0.1, 0.15) is 21.5 Å². The molecule has 0 unspecified atom stereocenters. The summed E-state index contributed by atoms with van der Waals surface area (Å²) in [5, 5.41) is 3.77. The molecule has 0 radical (unpaired) electrons. The number of hydrogen-bond acceptors (Lipinski definition) is 4. The van der Waals surface area contributed by atoms with Crippen molar-refractivity contribution >= 4 is 27.8 Å². The Hall–Kier alpha value is -3.52. The van der Waals surface area contributed by atoms with E-state index in [1.165, 1.54) is 16.6 Å². The first kappa shape index (κ1) is 21.2. The molecular formula is C22H20FN3O3S. The summed E-state index contributed by atoms with van der Waals surface area (Å²) in [5.41, 5.74) is 4.22. The van der Waals surface area contributed by atoms with Gasteiger partial charge in [0.15, 0.2) is 0 Å². The molecule has 0 fully saturated rings. The Morgan fingerprint density at radius 1 is 1.00 bits per heavy atom. The van der Waals surface area contributed by atoms with Gasteiger partial charge in [-0.2, -0.15) is 5.10 Å². The molecule has 0 saturated heterocycles. The second-order valence-corrected chi connectivity index (χ2v) is 8.43. The quantitative estimate of drug-likeness (QED) is 0.464. The van der Waals surface area contributed by atoms with Gasteiger partial charge in [-0.1, -0.05) is 48.5 Å². The third kappa shape index (κ3) is 5.51. The van der Waals surface area contributed by atoms with Gasteiger partial charge in [-0.05, 0) is 35.9 Å². The summed E-state index contributed by atoms with van der Waals surface area (Å²) in [6.45, 7) is 0.135. The van der Waals surface area contributed by atoms with Crippen LogP contribution in [0.3, 0.4) is 0 Å². The molecule has 6 nitrogen and oxygen atoms in total. The Morgan fingerprint density at radius 2 is 1.63 bits per heavy atom. The summed E-state index contributed by atoms with van der Waals surface area (Å²) in [6, 6.07) is 21.4. The molecule has 0 saturated carbocycles. The monoisotopic (exact) mass is 425 g/mol. The number of rotatable bonds is 7. The zero-order valence-corrected chi connectivity index (χ0v) is 17.0. The number of benzene rings is 3. The topological polar surface area (TPSA) is 78.8 Å². The second-order valence-electron chi connectivity index (χ2n) is 6.52. The fourth-order valence-electron chi connectivity index (χ4n) is 2.73. The number of anilines is 1. The predicted octanol–water partition coefficient (Wildman–Crippen LogP) is 3.56. The van der Waals surface area contributed by atoms with E-state index >= 15 is 0 Å². The summed E-state index contributed by atoms with van der Waals surface area (Å²) < 4.78 is 39.2. The van der Waals surface area contributed by atoms with Gasteiger partial charge in [-0.15, -0.1) is 0 Å². The van der Waals surface area contributed by atoms with E-state index in [4.69, 9.17) is 0 Å². The van der Waals surface area contributed by atoms with Gasteiger partial charge in [0, 0.05) is 11.1 Å². The standard InChI is InChI=1S/C22H20FN3O3S/c1-30(28,29)26(20-8-3-2-4-9-20)16-17-11-13-18(14-12-17)22(27)25-24-15-19-7-5-6-10-21(19)23/h2-15H,16H2,1H3,(H,25,27). The smallest absolute Gasteiger partial charge is 0.267 e. The minimum absolute atomic E-state index is 0.135. The number of amides is 1. The van der Waals surface area contributed by atoms with Crippen molar-refractivity contribution in [1.82, 2.24) is 5.43 Å². The lowest BCUT2D eigenvalue weighted by atomic mass is 10.1. The van der Waals surface area contributed by atoms with Crippen molar-refractivity contribution in [3.05, 3.63) is 101 Å². The predicted molar refractivity (Wildman–Crippen MR) is 115 cm³/mol. The van der Waals surface area contributed by atoms with Gasteiger partial charge < -0.3 is 0 Å².